The van der Waals surface area contributed by atoms with Gasteiger partial charge in [-0.3, -0.25) is 9.69 Å². The number of benzene rings is 1. The van der Waals surface area contributed by atoms with E-state index in [1.165, 1.54) is 32.1 Å². The van der Waals surface area contributed by atoms with Gasteiger partial charge in [0, 0.05) is 50.9 Å². The van der Waals surface area contributed by atoms with Crippen LogP contribution in [0.2, 0.25) is 0 Å². The van der Waals surface area contributed by atoms with E-state index in [1.807, 2.05) is 24.3 Å². The Balaban J connectivity index is 1.17. The maximum Gasteiger partial charge on any atom is 0.324 e. The Morgan fingerprint density at radius 3 is 2.45 bits per heavy atom. The number of hydrogen-bond acceptors (Lipinski definition) is 7. The molecule has 1 amide bonds. The summed E-state index contributed by atoms with van der Waals surface area (Å²) in [6.07, 6.45) is 8.64. The van der Waals surface area contributed by atoms with Crippen LogP contribution in [0.15, 0.2) is 28.8 Å². The van der Waals surface area contributed by atoms with Crippen molar-refractivity contribution in [1.29, 1.82) is 0 Å². The second-order valence-corrected chi connectivity index (χ2v) is 9.57. The van der Waals surface area contributed by atoms with Crippen LogP contribution in [-0.4, -0.2) is 78.3 Å². The summed E-state index contributed by atoms with van der Waals surface area (Å²) in [6.45, 7) is 5.22. The largest absolute Gasteiger partial charge is 0.497 e. The minimum absolute atomic E-state index is 0.00341. The van der Waals surface area contributed by atoms with Crippen molar-refractivity contribution < 1.29 is 14.1 Å². The summed E-state index contributed by atoms with van der Waals surface area (Å²) < 4.78 is 10.8. The van der Waals surface area contributed by atoms with Crippen LogP contribution in [0.25, 0.3) is 11.4 Å². The minimum Gasteiger partial charge on any atom is -0.497 e. The number of rotatable bonds is 5. The van der Waals surface area contributed by atoms with E-state index < -0.39 is 0 Å². The van der Waals surface area contributed by atoms with E-state index in [-0.39, 0.29) is 11.8 Å². The summed E-state index contributed by atoms with van der Waals surface area (Å²) in [6, 6.07) is 8.84. The van der Waals surface area contributed by atoms with E-state index in [0.29, 0.717) is 18.4 Å². The Labute approximate surface area is 195 Å². The number of hydrogen-bond donors (Lipinski definition) is 0. The zero-order chi connectivity index (χ0) is 22.6. The van der Waals surface area contributed by atoms with Gasteiger partial charge in [-0.25, -0.2) is 0 Å². The van der Waals surface area contributed by atoms with E-state index in [9.17, 15) is 4.79 Å². The third-order valence-electron chi connectivity index (χ3n) is 7.52. The van der Waals surface area contributed by atoms with Crippen LogP contribution in [0.1, 0.15) is 44.9 Å². The van der Waals surface area contributed by atoms with Gasteiger partial charge in [-0.05, 0) is 49.9 Å². The second kappa shape index (κ2) is 10.1. The van der Waals surface area contributed by atoms with Gasteiger partial charge in [0.25, 0.3) is 0 Å². The molecule has 8 nitrogen and oxygen atoms in total. The Morgan fingerprint density at radius 2 is 1.73 bits per heavy atom. The first-order valence-corrected chi connectivity index (χ1v) is 12.5. The molecular weight excluding hydrogens is 418 g/mol. The first-order valence-electron chi connectivity index (χ1n) is 12.5. The molecule has 178 valence electrons. The first-order chi connectivity index (χ1) is 16.2. The molecule has 0 spiro atoms. The molecule has 1 aliphatic carbocycles. The molecule has 1 aromatic carbocycles. The predicted octanol–water partition coefficient (Wildman–Crippen LogP) is 3.44. The molecular formula is C25H35N5O3. The number of ether oxygens (including phenoxy) is 1. The molecule has 2 saturated heterocycles. The summed E-state index contributed by atoms with van der Waals surface area (Å²) in [5.74, 6) is 1.63. The second-order valence-electron chi connectivity index (χ2n) is 9.57. The van der Waals surface area contributed by atoms with Crippen molar-refractivity contribution in [3.8, 4) is 17.1 Å². The number of carbonyl (C=O) groups is 1. The van der Waals surface area contributed by atoms with Gasteiger partial charge in [0.05, 0.1) is 13.0 Å². The molecule has 0 N–H and O–H groups in total. The summed E-state index contributed by atoms with van der Waals surface area (Å²) >= 11 is 0. The number of anilines is 1. The standard InChI is InChI=1S/C25H35N5O3/c1-32-22-11-9-19(10-12-22)23-26-25(33-27-23)30-13-5-6-20(18-30)24(31)29-16-14-28(15-17-29)21-7-3-2-4-8-21/h9-12,20-21H,2-8,13-18H2,1H3/t20-/m0/s1. The van der Waals surface area contributed by atoms with Crippen LogP contribution < -0.4 is 9.64 Å². The smallest absolute Gasteiger partial charge is 0.324 e. The SMILES string of the molecule is COc1ccc(-c2noc(N3CCC[C@H](C(=O)N4CCN(C5CCCCC5)CC4)C3)n2)cc1. The van der Waals surface area contributed by atoms with Crippen LogP contribution in [0, 0.1) is 5.92 Å². The zero-order valence-corrected chi connectivity index (χ0v) is 19.6. The van der Waals surface area contributed by atoms with Crippen LogP contribution >= 0.6 is 0 Å². The topological polar surface area (TPSA) is 74.9 Å². The molecule has 0 radical (unpaired) electrons. The van der Waals surface area contributed by atoms with Crippen molar-refractivity contribution in [3.05, 3.63) is 24.3 Å². The normalized spacial score (nSPS) is 23.0. The molecule has 1 aromatic heterocycles. The number of amides is 1. The molecule has 33 heavy (non-hydrogen) atoms. The predicted molar refractivity (Wildman–Crippen MR) is 126 cm³/mol. The van der Waals surface area contributed by atoms with Crippen molar-refractivity contribution in [3.63, 3.8) is 0 Å². The maximum absolute atomic E-state index is 13.3. The summed E-state index contributed by atoms with van der Waals surface area (Å²) in [5, 5.41) is 4.16. The number of carbonyl (C=O) groups excluding carboxylic acids is 1. The fourth-order valence-electron chi connectivity index (χ4n) is 5.57. The number of piperazine rings is 1. The molecule has 3 aliphatic rings. The van der Waals surface area contributed by atoms with Gasteiger partial charge in [0.1, 0.15) is 5.75 Å². The van der Waals surface area contributed by atoms with Gasteiger partial charge >= 0.3 is 6.01 Å². The molecule has 2 aliphatic heterocycles. The summed E-state index contributed by atoms with van der Waals surface area (Å²) in [5.41, 5.74) is 0.881. The van der Waals surface area contributed by atoms with E-state index in [0.717, 1.165) is 62.9 Å². The Hall–Kier alpha value is -2.61. The lowest BCUT2D eigenvalue weighted by atomic mass is 9.93. The van der Waals surface area contributed by atoms with Crippen LogP contribution in [0.4, 0.5) is 6.01 Å². The highest BCUT2D eigenvalue weighted by molar-refractivity contribution is 5.79. The highest BCUT2D eigenvalue weighted by Gasteiger charge is 2.34. The minimum atomic E-state index is -0.00341. The first kappa shape index (κ1) is 22.2. The van der Waals surface area contributed by atoms with E-state index in [4.69, 9.17) is 9.26 Å². The summed E-state index contributed by atoms with van der Waals surface area (Å²) in [4.78, 5) is 24.7. The van der Waals surface area contributed by atoms with Crippen LogP contribution in [-0.2, 0) is 4.79 Å². The van der Waals surface area contributed by atoms with Crippen LogP contribution in [0.3, 0.4) is 0 Å². The molecule has 0 unspecified atom stereocenters. The van der Waals surface area contributed by atoms with Crippen molar-refractivity contribution in [2.45, 2.75) is 51.0 Å². The number of piperidine rings is 1. The lowest BCUT2D eigenvalue weighted by Crippen LogP contribution is -2.54. The number of nitrogens with zero attached hydrogens (tertiary/aromatic N) is 5. The van der Waals surface area contributed by atoms with Gasteiger partial charge in [0.2, 0.25) is 11.7 Å². The van der Waals surface area contributed by atoms with Gasteiger partial charge < -0.3 is 19.1 Å². The monoisotopic (exact) mass is 453 g/mol. The quantitative estimate of drug-likeness (QED) is 0.686. The summed E-state index contributed by atoms with van der Waals surface area (Å²) in [7, 11) is 1.65. The zero-order valence-electron chi connectivity index (χ0n) is 19.6. The van der Waals surface area contributed by atoms with E-state index in [1.54, 1.807) is 7.11 Å². The Kier molecular flexibility index (Phi) is 6.80. The van der Waals surface area contributed by atoms with E-state index in [2.05, 4.69) is 24.8 Å². The lowest BCUT2D eigenvalue weighted by Gasteiger charge is -2.42. The molecule has 8 heteroatoms. The highest BCUT2D eigenvalue weighted by atomic mass is 16.5. The van der Waals surface area contributed by atoms with Crippen molar-refractivity contribution in [2.24, 2.45) is 5.92 Å². The fraction of sp³-hybridized carbons (Fsp3) is 0.640. The van der Waals surface area contributed by atoms with Gasteiger partial charge in [-0.2, -0.15) is 4.98 Å². The molecule has 2 aromatic rings. The molecule has 1 atom stereocenters. The van der Waals surface area contributed by atoms with Gasteiger partial charge in [-0.15, -0.1) is 0 Å². The molecule has 3 fully saturated rings. The van der Waals surface area contributed by atoms with Gasteiger partial charge in [-0.1, -0.05) is 24.4 Å². The van der Waals surface area contributed by atoms with Crippen molar-refractivity contribution in [2.75, 3.05) is 51.3 Å². The highest BCUT2D eigenvalue weighted by Crippen LogP contribution is 2.28. The third-order valence-corrected chi connectivity index (χ3v) is 7.52. The lowest BCUT2D eigenvalue weighted by molar-refractivity contribution is -0.138. The third kappa shape index (κ3) is 5.00. The Morgan fingerprint density at radius 1 is 0.970 bits per heavy atom. The Bertz CT molecular complexity index is 916. The fourth-order valence-corrected chi connectivity index (χ4v) is 5.57. The number of aromatic nitrogens is 2. The van der Waals surface area contributed by atoms with Crippen molar-refractivity contribution in [1.82, 2.24) is 19.9 Å². The molecule has 0 bridgehead atoms. The van der Waals surface area contributed by atoms with E-state index >= 15 is 0 Å². The molecule has 1 saturated carbocycles. The average molecular weight is 454 g/mol. The maximum atomic E-state index is 13.3. The van der Waals surface area contributed by atoms with Gasteiger partial charge in [0.15, 0.2) is 0 Å². The molecule has 5 rings (SSSR count). The van der Waals surface area contributed by atoms with Crippen molar-refractivity contribution >= 4 is 11.9 Å². The number of methoxy groups -OCH3 is 1. The average Bonchev–Trinajstić information content (AvgIpc) is 3.39. The molecule has 3 heterocycles. The van der Waals surface area contributed by atoms with Crippen LogP contribution in [0.5, 0.6) is 5.75 Å².